The highest BCUT2D eigenvalue weighted by Gasteiger charge is 2.30. The summed E-state index contributed by atoms with van der Waals surface area (Å²) in [5, 5.41) is 0. The molecule has 1 fully saturated rings. The van der Waals surface area contributed by atoms with E-state index in [-0.39, 0.29) is 5.92 Å². The van der Waals surface area contributed by atoms with Crippen molar-refractivity contribution in [2.45, 2.75) is 25.2 Å². The van der Waals surface area contributed by atoms with Crippen LogP contribution in [-0.2, 0) is 4.79 Å². The normalized spacial score (nSPS) is 24.0. The molecule has 1 atom stereocenters. The summed E-state index contributed by atoms with van der Waals surface area (Å²) in [7, 11) is 0. The zero-order valence-corrected chi connectivity index (χ0v) is 9.43. The number of rotatable bonds is 3. The van der Waals surface area contributed by atoms with Gasteiger partial charge in [-0.3, -0.25) is 0 Å². The number of hydrogen-bond acceptors (Lipinski definition) is 2. The van der Waals surface area contributed by atoms with E-state index in [1.54, 1.807) is 0 Å². The first-order valence-electron chi connectivity index (χ1n) is 6.17. The summed E-state index contributed by atoms with van der Waals surface area (Å²) < 4.78 is 0. The molecule has 0 aromatic heterocycles. The summed E-state index contributed by atoms with van der Waals surface area (Å²) in [4.78, 5) is 13.5. The molecule has 2 aliphatic rings. The maximum atomic E-state index is 11.1. The first kappa shape index (κ1) is 9.88. The Balaban J connectivity index is 1.83. The number of aldehydes is 1. The Morgan fingerprint density at radius 3 is 2.81 bits per heavy atom. The van der Waals surface area contributed by atoms with Crippen LogP contribution in [0.2, 0.25) is 0 Å². The summed E-state index contributed by atoms with van der Waals surface area (Å²) in [5.41, 5.74) is 2.50. The van der Waals surface area contributed by atoms with E-state index in [1.165, 1.54) is 30.5 Å². The predicted octanol–water partition coefficient (Wildman–Crippen LogP) is 2.59. The van der Waals surface area contributed by atoms with Gasteiger partial charge in [-0.05, 0) is 30.4 Å². The van der Waals surface area contributed by atoms with Gasteiger partial charge < -0.3 is 9.69 Å². The van der Waals surface area contributed by atoms with Gasteiger partial charge in [-0.15, -0.1) is 0 Å². The van der Waals surface area contributed by atoms with Crippen LogP contribution in [0.3, 0.4) is 0 Å². The van der Waals surface area contributed by atoms with Crippen LogP contribution in [0, 0.1) is 5.92 Å². The van der Waals surface area contributed by atoms with Crippen LogP contribution < -0.4 is 4.90 Å². The Labute approximate surface area is 96.3 Å². The standard InChI is InChI=1S/C14H17NO/c16-10-12-9-15(8-11-4-3-5-11)14-7-2-1-6-13(12)14/h1-2,6-7,10-12H,3-5,8-9H2. The van der Waals surface area contributed by atoms with Gasteiger partial charge in [-0.25, -0.2) is 0 Å². The average Bonchev–Trinajstić information content (AvgIpc) is 2.62. The van der Waals surface area contributed by atoms with Gasteiger partial charge in [0.05, 0.1) is 5.92 Å². The molecule has 3 rings (SSSR count). The molecule has 1 aliphatic carbocycles. The number of anilines is 1. The fourth-order valence-corrected chi connectivity index (χ4v) is 2.80. The fourth-order valence-electron chi connectivity index (χ4n) is 2.80. The van der Waals surface area contributed by atoms with Gasteiger partial charge in [0, 0.05) is 18.8 Å². The molecule has 84 valence electrons. The molecule has 0 amide bonds. The number of fused-ring (bicyclic) bond motifs is 1. The van der Waals surface area contributed by atoms with Crippen molar-refractivity contribution in [2.75, 3.05) is 18.0 Å². The molecule has 1 saturated carbocycles. The van der Waals surface area contributed by atoms with Gasteiger partial charge in [0.2, 0.25) is 0 Å². The smallest absolute Gasteiger partial charge is 0.129 e. The van der Waals surface area contributed by atoms with Crippen molar-refractivity contribution in [3.8, 4) is 0 Å². The molecule has 16 heavy (non-hydrogen) atoms. The summed E-state index contributed by atoms with van der Waals surface area (Å²) in [6.45, 7) is 2.03. The van der Waals surface area contributed by atoms with Gasteiger partial charge >= 0.3 is 0 Å². The monoisotopic (exact) mass is 215 g/mol. The SMILES string of the molecule is O=CC1CN(CC2CCC2)c2ccccc21. The fraction of sp³-hybridized carbons (Fsp3) is 0.500. The number of benzene rings is 1. The van der Waals surface area contributed by atoms with Gasteiger partial charge in [-0.1, -0.05) is 24.6 Å². The lowest BCUT2D eigenvalue weighted by Crippen LogP contribution is -2.31. The minimum Gasteiger partial charge on any atom is -0.370 e. The van der Waals surface area contributed by atoms with Crippen molar-refractivity contribution in [1.82, 2.24) is 0 Å². The zero-order valence-electron chi connectivity index (χ0n) is 9.43. The molecule has 0 radical (unpaired) electrons. The molecule has 2 heteroatoms. The summed E-state index contributed by atoms with van der Waals surface area (Å²) in [6, 6.07) is 8.34. The predicted molar refractivity (Wildman–Crippen MR) is 64.8 cm³/mol. The minimum absolute atomic E-state index is 0.0938. The van der Waals surface area contributed by atoms with E-state index in [4.69, 9.17) is 0 Å². The third-order valence-electron chi connectivity index (χ3n) is 3.96. The Hall–Kier alpha value is -1.31. The van der Waals surface area contributed by atoms with Crippen molar-refractivity contribution in [3.05, 3.63) is 29.8 Å². The van der Waals surface area contributed by atoms with Crippen molar-refractivity contribution in [1.29, 1.82) is 0 Å². The minimum atomic E-state index is 0.0938. The second kappa shape index (κ2) is 3.93. The lowest BCUT2D eigenvalue weighted by Gasteiger charge is -2.31. The second-order valence-corrected chi connectivity index (χ2v) is 5.00. The van der Waals surface area contributed by atoms with Crippen LogP contribution in [0.4, 0.5) is 5.69 Å². The molecule has 1 aromatic rings. The maximum Gasteiger partial charge on any atom is 0.129 e. The van der Waals surface area contributed by atoms with E-state index in [1.807, 2.05) is 6.07 Å². The van der Waals surface area contributed by atoms with Gasteiger partial charge in [0.25, 0.3) is 0 Å². The largest absolute Gasteiger partial charge is 0.370 e. The van der Waals surface area contributed by atoms with Crippen LogP contribution in [0.5, 0.6) is 0 Å². The van der Waals surface area contributed by atoms with Gasteiger partial charge in [-0.2, -0.15) is 0 Å². The quantitative estimate of drug-likeness (QED) is 0.722. The molecular formula is C14H17NO. The third-order valence-corrected chi connectivity index (χ3v) is 3.96. The van der Waals surface area contributed by atoms with Gasteiger partial charge in [0.15, 0.2) is 0 Å². The summed E-state index contributed by atoms with van der Waals surface area (Å²) >= 11 is 0. The summed E-state index contributed by atoms with van der Waals surface area (Å²) in [6.07, 6.45) is 5.21. The molecule has 1 aliphatic heterocycles. The average molecular weight is 215 g/mol. The van der Waals surface area contributed by atoms with E-state index in [0.29, 0.717) is 0 Å². The lowest BCUT2D eigenvalue weighted by atomic mass is 9.85. The van der Waals surface area contributed by atoms with Crippen LogP contribution in [-0.4, -0.2) is 19.4 Å². The van der Waals surface area contributed by atoms with Crippen molar-refractivity contribution >= 4 is 12.0 Å². The van der Waals surface area contributed by atoms with Crippen LogP contribution in [0.1, 0.15) is 30.7 Å². The Morgan fingerprint density at radius 2 is 2.12 bits per heavy atom. The van der Waals surface area contributed by atoms with Gasteiger partial charge in [0.1, 0.15) is 6.29 Å². The molecular weight excluding hydrogens is 198 g/mol. The van der Waals surface area contributed by atoms with Crippen molar-refractivity contribution in [2.24, 2.45) is 5.92 Å². The maximum absolute atomic E-state index is 11.1. The van der Waals surface area contributed by atoms with E-state index >= 15 is 0 Å². The molecule has 1 heterocycles. The third kappa shape index (κ3) is 1.53. The van der Waals surface area contributed by atoms with Crippen LogP contribution >= 0.6 is 0 Å². The Bertz CT molecular complexity index is 397. The van der Waals surface area contributed by atoms with Crippen LogP contribution in [0.15, 0.2) is 24.3 Å². The molecule has 0 N–H and O–H groups in total. The highest BCUT2D eigenvalue weighted by atomic mass is 16.1. The first-order valence-corrected chi connectivity index (χ1v) is 6.17. The zero-order chi connectivity index (χ0) is 11.0. The molecule has 1 unspecified atom stereocenters. The molecule has 2 nitrogen and oxygen atoms in total. The first-order chi connectivity index (χ1) is 7.88. The van der Waals surface area contributed by atoms with E-state index < -0.39 is 0 Å². The number of nitrogens with zero attached hydrogens (tertiary/aromatic N) is 1. The molecule has 1 aromatic carbocycles. The molecule has 0 spiro atoms. The Kier molecular flexibility index (Phi) is 2.43. The van der Waals surface area contributed by atoms with E-state index in [2.05, 4.69) is 23.1 Å². The van der Waals surface area contributed by atoms with E-state index in [9.17, 15) is 4.79 Å². The van der Waals surface area contributed by atoms with Crippen molar-refractivity contribution < 1.29 is 4.79 Å². The lowest BCUT2D eigenvalue weighted by molar-refractivity contribution is -0.108. The topological polar surface area (TPSA) is 20.3 Å². The highest BCUT2D eigenvalue weighted by molar-refractivity contribution is 5.74. The molecule has 0 saturated heterocycles. The highest BCUT2D eigenvalue weighted by Crippen LogP contribution is 2.37. The van der Waals surface area contributed by atoms with Crippen molar-refractivity contribution in [3.63, 3.8) is 0 Å². The van der Waals surface area contributed by atoms with E-state index in [0.717, 1.165) is 25.3 Å². The number of carbonyl (C=O) groups is 1. The second-order valence-electron chi connectivity index (χ2n) is 5.00. The molecule has 0 bridgehead atoms. The summed E-state index contributed by atoms with van der Waals surface area (Å²) in [5.74, 6) is 0.953. The number of hydrogen-bond donors (Lipinski definition) is 0. The number of para-hydroxylation sites is 1. The van der Waals surface area contributed by atoms with Crippen LogP contribution in [0.25, 0.3) is 0 Å². The number of carbonyl (C=O) groups excluding carboxylic acids is 1. The Morgan fingerprint density at radius 1 is 1.31 bits per heavy atom.